The zero-order valence-corrected chi connectivity index (χ0v) is 11.8. The second kappa shape index (κ2) is 5.83. The Morgan fingerprint density at radius 3 is 2.80 bits per heavy atom. The molecule has 0 saturated carbocycles. The third kappa shape index (κ3) is 2.52. The average Bonchev–Trinajstić information content (AvgIpc) is 2.85. The molecule has 1 saturated heterocycles. The Hall–Kier alpha value is -1.56. The van der Waals surface area contributed by atoms with Crippen LogP contribution < -0.4 is 10.1 Å². The number of ether oxygens (including phenoxy) is 1. The number of fused-ring (bicyclic) bond motifs is 1. The van der Waals surface area contributed by atoms with Crippen LogP contribution in [0.25, 0.3) is 10.9 Å². The number of nitrogens with zero attached hydrogens (tertiary/aromatic N) is 2. The van der Waals surface area contributed by atoms with Crippen molar-refractivity contribution in [1.82, 2.24) is 14.8 Å². The van der Waals surface area contributed by atoms with E-state index in [2.05, 4.69) is 16.3 Å². The summed E-state index contributed by atoms with van der Waals surface area (Å²) < 4.78 is 7.20. The summed E-state index contributed by atoms with van der Waals surface area (Å²) in [6.07, 6.45) is 2.05. The molecule has 5 heteroatoms. The number of hydrogen-bond donors (Lipinski definition) is 2. The van der Waals surface area contributed by atoms with Crippen LogP contribution in [0.3, 0.4) is 0 Å². The molecule has 2 heterocycles. The highest BCUT2D eigenvalue weighted by atomic mass is 16.5. The average molecular weight is 275 g/mol. The van der Waals surface area contributed by atoms with Crippen LogP contribution in [0.5, 0.6) is 5.75 Å². The summed E-state index contributed by atoms with van der Waals surface area (Å²) in [6.45, 7) is 5.14. The summed E-state index contributed by atoms with van der Waals surface area (Å²) in [6, 6.07) is 5.99. The number of rotatable bonds is 4. The van der Waals surface area contributed by atoms with Gasteiger partial charge in [-0.15, -0.1) is 0 Å². The molecule has 1 aliphatic rings. The Morgan fingerprint density at radius 2 is 2.10 bits per heavy atom. The minimum absolute atomic E-state index is 0.00435. The molecule has 5 nitrogen and oxygen atoms in total. The maximum atomic E-state index is 9.49. The number of piperazine rings is 1. The maximum Gasteiger partial charge on any atom is 0.119 e. The first-order valence-electron chi connectivity index (χ1n) is 7.01. The standard InChI is InChI=1S/C15H21N3O2/c1-20-13-2-3-15-14(8-13)12(10-18(15)11-19)9-17-6-4-16-5-7-17/h2-3,8,10,16,19H,4-7,9,11H2,1H3. The summed E-state index contributed by atoms with van der Waals surface area (Å²) >= 11 is 0. The number of hydrogen-bond acceptors (Lipinski definition) is 4. The Bertz CT molecular complexity index is 588. The van der Waals surface area contributed by atoms with Crippen LogP contribution in [0.4, 0.5) is 0 Å². The molecule has 0 spiro atoms. The van der Waals surface area contributed by atoms with Crippen molar-refractivity contribution in [2.75, 3.05) is 33.3 Å². The zero-order chi connectivity index (χ0) is 13.9. The fraction of sp³-hybridized carbons (Fsp3) is 0.467. The van der Waals surface area contributed by atoms with Crippen LogP contribution in [0.15, 0.2) is 24.4 Å². The van der Waals surface area contributed by atoms with E-state index in [1.807, 2.05) is 22.9 Å². The zero-order valence-electron chi connectivity index (χ0n) is 11.8. The van der Waals surface area contributed by atoms with Gasteiger partial charge in [-0.05, 0) is 23.8 Å². The van der Waals surface area contributed by atoms with Gasteiger partial charge in [0.05, 0.1) is 12.6 Å². The van der Waals surface area contributed by atoms with Gasteiger partial charge in [-0.1, -0.05) is 0 Å². The molecule has 0 unspecified atom stereocenters. The lowest BCUT2D eigenvalue weighted by Gasteiger charge is -2.26. The highest BCUT2D eigenvalue weighted by Gasteiger charge is 2.14. The van der Waals surface area contributed by atoms with Crippen LogP contribution in [0.2, 0.25) is 0 Å². The number of nitrogens with one attached hydrogen (secondary N) is 1. The Labute approximate surface area is 118 Å². The first kappa shape index (κ1) is 13.4. The largest absolute Gasteiger partial charge is 0.497 e. The topological polar surface area (TPSA) is 49.7 Å². The number of methoxy groups -OCH3 is 1. The number of benzene rings is 1. The van der Waals surface area contributed by atoms with Crippen molar-refractivity contribution in [2.24, 2.45) is 0 Å². The minimum Gasteiger partial charge on any atom is -0.497 e. The van der Waals surface area contributed by atoms with Crippen molar-refractivity contribution < 1.29 is 9.84 Å². The molecule has 1 aliphatic heterocycles. The highest BCUT2D eigenvalue weighted by Crippen LogP contribution is 2.27. The molecule has 0 radical (unpaired) electrons. The molecule has 1 fully saturated rings. The van der Waals surface area contributed by atoms with Crippen LogP contribution in [-0.4, -0.2) is 47.9 Å². The van der Waals surface area contributed by atoms with Gasteiger partial charge in [-0.25, -0.2) is 0 Å². The van der Waals surface area contributed by atoms with Gasteiger partial charge < -0.3 is 19.7 Å². The molecule has 20 heavy (non-hydrogen) atoms. The van der Waals surface area contributed by atoms with E-state index in [0.717, 1.165) is 49.4 Å². The molecule has 3 rings (SSSR count). The Balaban J connectivity index is 1.95. The van der Waals surface area contributed by atoms with E-state index >= 15 is 0 Å². The van der Waals surface area contributed by atoms with Crippen molar-refractivity contribution in [1.29, 1.82) is 0 Å². The van der Waals surface area contributed by atoms with Gasteiger partial charge >= 0.3 is 0 Å². The molecule has 0 aliphatic carbocycles. The fourth-order valence-electron chi connectivity index (χ4n) is 2.83. The van der Waals surface area contributed by atoms with Crippen LogP contribution in [-0.2, 0) is 13.3 Å². The van der Waals surface area contributed by atoms with Gasteiger partial charge in [0.15, 0.2) is 0 Å². The van der Waals surface area contributed by atoms with Gasteiger partial charge in [0.25, 0.3) is 0 Å². The van der Waals surface area contributed by atoms with Gasteiger partial charge in [-0.2, -0.15) is 0 Å². The van der Waals surface area contributed by atoms with E-state index in [0.29, 0.717) is 0 Å². The minimum atomic E-state index is 0.00435. The quantitative estimate of drug-likeness (QED) is 0.874. The fourth-order valence-corrected chi connectivity index (χ4v) is 2.83. The molecule has 1 aromatic heterocycles. The summed E-state index contributed by atoms with van der Waals surface area (Å²) in [5.41, 5.74) is 2.30. The summed E-state index contributed by atoms with van der Waals surface area (Å²) in [5.74, 6) is 0.856. The lowest BCUT2D eigenvalue weighted by molar-refractivity contribution is 0.213. The Kier molecular flexibility index (Phi) is 3.91. The van der Waals surface area contributed by atoms with Crippen molar-refractivity contribution in [3.63, 3.8) is 0 Å². The molecule has 1 aromatic carbocycles. The molecular weight excluding hydrogens is 254 g/mol. The molecule has 2 N–H and O–H groups in total. The van der Waals surface area contributed by atoms with Crippen LogP contribution in [0.1, 0.15) is 5.56 Å². The van der Waals surface area contributed by atoms with Crippen molar-refractivity contribution in [3.05, 3.63) is 30.0 Å². The summed E-state index contributed by atoms with van der Waals surface area (Å²) in [7, 11) is 1.68. The molecule has 108 valence electrons. The predicted octanol–water partition coefficient (Wildman–Crippen LogP) is 1.00. The summed E-state index contributed by atoms with van der Waals surface area (Å²) in [5, 5.41) is 14.0. The first-order valence-corrected chi connectivity index (χ1v) is 7.01. The smallest absolute Gasteiger partial charge is 0.119 e. The van der Waals surface area contributed by atoms with E-state index in [9.17, 15) is 5.11 Å². The number of aliphatic hydroxyl groups is 1. The maximum absolute atomic E-state index is 9.49. The second-order valence-electron chi connectivity index (χ2n) is 5.17. The first-order chi connectivity index (χ1) is 9.81. The highest BCUT2D eigenvalue weighted by molar-refractivity contribution is 5.85. The van der Waals surface area contributed by atoms with Crippen LogP contribution in [0, 0.1) is 0 Å². The molecule has 2 aromatic rings. The normalized spacial score (nSPS) is 16.7. The summed E-state index contributed by atoms with van der Waals surface area (Å²) in [4.78, 5) is 2.44. The third-order valence-corrected chi connectivity index (χ3v) is 3.93. The molecular formula is C15H21N3O2. The predicted molar refractivity (Wildman–Crippen MR) is 78.9 cm³/mol. The van der Waals surface area contributed by atoms with Gasteiger partial charge in [0.1, 0.15) is 12.5 Å². The second-order valence-corrected chi connectivity index (χ2v) is 5.17. The molecule has 0 bridgehead atoms. The Morgan fingerprint density at radius 1 is 1.30 bits per heavy atom. The monoisotopic (exact) mass is 275 g/mol. The van der Waals surface area contributed by atoms with Crippen LogP contribution >= 0.6 is 0 Å². The van der Waals surface area contributed by atoms with Crippen molar-refractivity contribution >= 4 is 10.9 Å². The van der Waals surface area contributed by atoms with E-state index < -0.39 is 0 Å². The van der Waals surface area contributed by atoms with Gasteiger partial charge in [-0.3, -0.25) is 4.90 Å². The number of aliphatic hydroxyl groups excluding tert-OH is 1. The molecule has 0 amide bonds. The number of aromatic nitrogens is 1. The van der Waals surface area contributed by atoms with E-state index in [1.54, 1.807) is 7.11 Å². The van der Waals surface area contributed by atoms with E-state index in [-0.39, 0.29) is 6.73 Å². The lowest BCUT2D eigenvalue weighted by atomic mass is 10.1. The van der Waals surface area contributed by atoms with Gasteiger partial charge in [0.2, 0.25) is 0 Å². The van der Waals surface area contributed by atoms with E-state index in [1.165, 1.54) is 5.56 Å². The van der Waals surface area contributed by atoms with E-state index in [4.69, 9.17) is 4.74 Å². The third-order valence-electron chi connectivity index (χ3n) is 3.93. The van der Waals surface area contributed by atoms with Gasteiger partial charge in [0, 0.05) is 44.3 Å². The SMILES string of the molecule is COc1ccc2c(c1)c(CN1CCNCC1)cn2CO. The lowest BCUT2D eigenvalue weighted by Crippen LogP contribution is -2.42. The van der Waals surface area contributed by atoms with Crippen molar-refractivity contribution in [2.45, 2.75) is 13.3 Å². The molecule has 0 atom stereocenters. The van der Waals surface area contributed by atoms with Crippen molar-refractivity contribution in [3.8, 4) is 5.75 Å².